The summed E-state index contributed by atoms with van der Waals surface area (Å²) in [5.74, 6) is -0.680. The van der Waals surface area contributed by atoms with E-state index < -0.39 is 41.6 Å². The van der Waals surface area contributed by atoms with Crippen molar-refractivity contribution < 1.29 is 33.4 Å². The predicted molar refractivity (Wildman–Crippen MR) is 180 cm³/mol. The van der Waals surface area contributed by atoms with Crippen LogP contribution in [0.4, 0.5) is 4.79 Å². The van der Waals surface area contributed by atoms with Crippen molar-refractivity contribution >= 4 is 23.9 Å². The maximum Gasteiger partial charge on any atom is 0.408 e. The molecular weight excluding hydrogens is 598 g/mol. The van der Waals surface area contributed by atoms with Crippen LogP contribution in [0, 0.1) is 0 Å². The highest BCUT2D eigenvalue weighted by Gasteiger charge is 2.25. The van der Waals surface area contributed by atoms with Crippen LogP contribution >= 0.6 is 0 Å². The summed E-state index contributed by atoms with van der Waals surface area (Å²) in [4.78, 5) is 50.7. The van der Waals surface area contributed by atoms with Gasteiger partial charge in [0, 0.05) is 19.4 Å². The van der Waals surface area contributed by atoms with E-state index in [0.29, 0.717) is 25.2 Å². The van der Waals surface area contributed by atoms with Crippen molar-refractivity contribution in [1.29, 1.82) is 0 Å². The Balaban J connectivity index is 1.54. The molecule has 10 nitrogen and oxygen atoms in total. The summed E-state index contributed by atoms with van der Waals surface area (Å²) < 4.78 is 16.4. The molecule has 3 aromatic carbocycles. The smallest absolute Gasteiger partial charge is 0.408 e. The van der Waals surface area contributed by atoms with Crippen LogP contribution in [0.15, 0.2) is 97.1 Å². The Hall–Kier alpha value is -5.12. The fraction of sp³-hybridized carbons (Fsp3) is 0.351. The van der Waals surface area contributed by atoms with Crippen LogP contribution in [0.5, 0.6) is 5.75 Å². The average Bonchev–Trinajstić information content (AvgIpc) is 3.03. The van der Waals surface area contributed by atoms with Gasteiger partial charge in [0.25, 0.3) is 0 Å². The van der Waals surface area contributed by atoms with Gasteiger partial charge in [-0.2, -0.15) is 0 Å². The molecule has 0 saturated carbocycles. The molecule has 0 aliphatic heterocycles. The first-order valence-corrected chi connectivity index (χ1v) is 15.7. The fourth-order valence-corrected chi connectivity index (χ4v) is 4.46. The van der Waals surface area contributed by atoms with Gasteiger partial charge in [0.15, 0.2) is 0 Å². The second-order valence-electron chi connectivity index (χ2n) is 11.8. The van der Waals surface area contributed by atoms with Crippen molar-refractivity contribution in [2.75, 3.05) is 13.2 Å². The van der Waals surface area contributed by atoms with Gasteiger partial charge >= 0.3 is 12.1 Å². The van der Waals surface area contributed by atoms with Crippen molar-refractivity contribution in [2.45, 2.75) is 71.2 Å². The molecule has 3 aromatic rings. The van der Waals surface area contributed by atoms with Gasteiger partial charge in [-0.1, -0.05) is 78.9 Å². The number of hydrogen-bond donors (Lipinski definition) is 3. The third-order valence-corrected chi connectivity index (χ3v) is 6.67. The summed E-state index contributed by atoms with van der Waals surface area (Å²) in [6.07, 6.45) is 3.08. The summed E-state index contributed by atoms with van der Waals surface area (Å²) in [6.45, 7) is 7.79. The largest absolute Gasteiger partial charge is 0.489 e. The zero-order valence-electron chi connectivity index (χ0n) is 27.5. The number of alkyl carbamates (subject to hydrolysis) is 1. The molecule has 0 unspecified atom stereocenters. The lowest BCUT2D eigenvalue weighted by Crippen LogP contribution is -2.49. The molecule has 3 N–H and O–H groups in total. The van der Waals surface area contributed by atoms with Crippen LogP contribution < -0.4 is 20.7 Å². The molecule has 0 aromatic heterocycles. The van der Waals surface area contributed by atoms with Crippen LogP contribution in [-0.4, -0.2) is 54.7 Å². The molecule has 0 heterocycles. The van der Waals surface area contributed by atoms with Crippen molar-refractivity contribution in [1.82, 2.24) is 16.0 Å². The Morgan fingerprint density at radius 2 is 1.36 bits per heavy atom. The number of ether oxygens (including phenoxy) is 3. The minimum absolute atomic E-state index is 0.202. The SMILES string of the molecule is CCOC(=O)[C@H](Cc1ccccc1)NC(=O)/C=C/CCNC(=O)[C@H](Cc1ccc(OCc2ccccc2)cc1)NC(=O)OC(C)(C)C. The van der Waals surface area contributed by atoms with Crippen LogP contribution in [0.3, 0.4) is 0 Å². The summed E-state index contributed by atoms with van der Waals surface area (Å²) in [7, 11) is 0. The fourth-order valence-electron chi connectivity index (χ4n) is 4.46. The minimum Gasteiger partial charge on any atom is -0.489 e. The van der Waals surface area contributed by atoms with E-state index in [4.69, 9.17) is 14.2 Å². The van der Waals surface area contributed by atoms with E-state index in [0.717, 1.165) is 16.7 Å². The average molecular weight is 644 g/mol. The highest BCUT2D eigenvalue weighted by molar-refractivity contribution is 5.91. The lowest BCUT2D eigenvalue weighted by molar-refractivity contribution is -0.147. The summed E-state index contributed by atoms with van der Waals surface area (Å²) in [5.41, 5.74) is 2.02. The molecule has 0 aliphatic carbocycles. The standard InChI is InChI=1S/C37H45N3O7/c1-5-45-35(43)32(25-27-14-8-6-9-15-27)39-33(41)18-12-13-23-38-34(42)31(40-36(44)47-37(2,3)4)24-28-19-21-30(22-20-28)46-26-29-16-10-7-11-17-29/h6-12,14-22,31-32H,5,13,23-26H2,1-4H3,(H,38,42)(H,39,41)(H,40,44)/b18-12+/t31-,32-/m0/s1. The Kier molecular flexibility index (Phi) is 14.5. The van der Waals surface area contributed by atoms with Crippen molar-refractivity contribution in [2.24, 2.45) is 0 Å². The molecule has 0 radical (unpaired) electrons. The van der Waals surface area contributed by atoms with E-state index in [1.807, 2.05) is 84.9 Å². The van der Waals surface area contributed by atoms with Gasteiger partial charge in [0.1, 0.15) is 30.0 Å². The van der Waals surface area contributed by atoms with Crippen molar-refractivity contribution in [3.63, 3.8) is 0 Å². The lowest BCUT2D eigenvalue weighted by atomic mass is 10.0. The van der Waals surface area contributed by atoms with Crippen LogP contribution in [0.2, 0.25) is 0 Å². The Labute approximate surface area is 276 Å². The zero-order chi connectivity index (χ0) is 34.1. The molecule has 250 valence electrons. The predicted octanol–water partition coefficient (Wildman–Crippen LogP) is 5.05. The third-order valence-electron chi connectivity index (χ3n) is 6.67. The zero-order valence-corrected chi connectivity index (χ0v) is 27.5. The Morgan fingerprint density at radius 1 is 0.766 bits per heavy atom. The number of rotatable bonds is 16. The highest BCUT2D eigenvalue weighted by Crippen LogP contribution is 2.16. The van der Waals surface area contributed by atoms with E-state index in [1.54, 1.807) is 33.8 Å². The first kappa shape index (κ1) is 36.3. The maximum atomic E-state index is 13.2. The first-order valence-electron chi connectivity index (χ1n) is 15.7. The van der Waals surface area contributed by atoms with E-state index in [9.17, 15) is 19.2 Å². The molecule has 3 rings (SSSR count). The molecule has 2 atom stereocenters. The molecule has 47 heavy (non-hydrogen) atoms. The number of carbonyl (C=O) groups is 4. The van der Waals surface area contributed by atoms with Crippen LogP contribution in [0.25, 0.3) is 0 Å². The quantitative estimate of drug-likeness (QED) is 0.113. The van der Waals surface area contributed by atoms with Crippen LogP contribution in [0.1, 0.15) is 50.8 Å². The number of amides is 3. The first-order chi connectivity index (χ1) is 22.5. The number of esters is 1. The molecule has 0 spiro atoms. The number of benzene rings is 3. The van der Waals surface area contributed by atoms with E-state index in [1.165, 1.54) is 6.08 Å². The number of hydrogen-bond acceptors (Lipinski definition) is 7. The van der Waals surface area contributed by atoms with Gasteiger partial charge in [0.05, 0.1) is 6.61 Å². The minimum atomic E-state index is -0.906. The van der Waals surface area contributed by atoms with Gasteiger partial charge in [-0.3, -0.25) is 9.59 Å². The van der Waals surface area contributed by atoms with Crippen LogP contribution in [-0.2, 0) is 43.3 Å². The number of carbonyl (C=O) groups excluding carboxylic acids is 4. The topological polar surface area (TPSA) is 132 Å². The number of nitrogens with one attached hydrogen (secondary N) is 3. The maximum absolute atomic E-state index is 13.2. The summed E-state index contributed by atoms with van der Waals surface area (Å²) in [6, 6.07) is 24.8. The van der Waals surface area contributed by atoms with Gasteiger partial charge < -0.3 is 30.2 Å². The highest BCUT2D eigenvalue weighted by atomic mass is 16.6. The van der Waals surface area contributed by atoms with Gasteiger partial charge in [-0.05, 0) is 69.0 Å². The Bertz CT molecular complexity index is 1450. The third kappa shape index (κ3) is 14.2. The van der Waals surface area contributed by atoms with Gasteiger partial charge in [-0.25, -0.2) is 9.59 Å². The summed E-state index contributed by atoms with van der Waals surface area (Å²) >= 11 is 0. The van der Waals surface area contributed by atoms with E-state index in [2.05, 4.69) is 16.0 Å². The molecule has 0 aliphatic rings. The van der Waals surface area contributed by atoms with Crippen molar-refractivity contribution in [3.05, 3.63) is 114 Å². The molecule has 3 amide bonds. The normalized spacial score (nSPS) is 12.4. The second-order valence-corrected chi connectivity index (χ2v) is 11.8. The lowest BCUT2D eigenvalue weighted by Gasteiger charge is -2.23. The Morgan fingerprint density at radius 3 is 1.98 bits per heavy atom. The monoisotopic (exact) mass is 643 g/mol. The van der Waals surface area contributed by atoms with Crippen molar-refractivity contribution in [3.8, 4) is 5.75 Å². The van der Waals surface area contributed by atoms with Gasteiger partial charge in [-0.15, -0.1) is 0 Å². The molecule has 0 bridgehead atoms. The van der Waals surface area contributed by atoms with Gasteiger partial charge in [0.2, 0.25) is 11.8 Å². The summed E-state index contributed by atoms with van der Waals surface area (Å²) in [5, 5.41) is 8.18. The molecule has 0 fully saturated rings. The second kappa shape index (κ2) is 18.8. The molecule has 0 saturated heterocycles. The molecular formula is C37H45N3O7. The van der Waals surface area contributed by atoms with E-state index >= 15 is 0 Å². The molecule has 10 heteroatoms. The van der Waals surface area contributed by atoms with E-state index in [-0.39, 0.29) is 19.6 Å².